The number of likely N-dealkylation sites (tertiary alicyclic amines) is 1. The Balaban J connectivity index is 3.12. The molecule has 1 fully saturated rings. The van der Waals surface area contributed by atoms with Crippen LogP contribution in [0.4, 0.5) is 0 Å². The van der Waals surface area contributed by atoms with Gasteiger partial charge in [0, 0.05) is 30.0 Å². The Morgan fingerprint density at radius 1 is 1.38 bits per heavy atom. The van der Waals surface area contributed by atoms with Gasteiger partial charge in [0.15, 0.2) is 0 Å². The molecule has 0 spiro atoms. The number of rotatable bonds is 7. The number of nitroso groups, excluding NO2 is 1. The summed E-state index contributed by atoms with van der Waals surface area (Å²) < 4.78 is 2.06. The van der Waals surface area contributed by atoms with Crippen LogP contribution in [-0.4, -0.2) is 63.8 Å². The molecular weight excluding hydrogens is 294 g/mol. The highest BCUT2D eigenvalue weighted by atomic mass is 32.2. The summed E-state index contributed by atoms with van der Waals surface area (Å²) in [6.45, 7) is 7.73. The van der Waals surface area contributed by atoms with E-state index in [2.05, 4.69) is 9.48 Å². The zero-order valence-electron chi connectivity index (χ0n) is 12.7. The van der Waals surface area contributed by atoms with Crippen molar-refractivity contribution in [1.82, 2.24) is 9.80 Å². The average Bonchev–Trinajstić information content (AvgIpc) is 2.44. The first kappa shape index (κ1) is 17.9. The van der Waals surface area contributed by atoms with Gasteiger partial charge in [0.2, 0.25) is 5.91 Å². The van der Waals surface area contributed by atoms with Crippen molar-refractivity contribution in [3.63, 3.8) is 0 Å². The minimum Gasteiger partial charge on any atom is -0.480 e. The molecule has 1 N–H and O–H groups in total. The number of likely N-dealkylation sites (N-methyl/N-ethyl adjacent to an activating group) is 1. The van der Waals surface area contributed by atoms with Gasteiger partial charge in [0.25, 0.3) is 0 Å². The SMILES string of the molecule is CCN1CCC(SN=O)(C(C(=O)O)N(CC)C(C)=O)CC1. The van der Waals surface area contributed by atoms with Crippen LogP contribution in [0, 0.1) is 4.91 Å². The van der Waals surface area contributed by atoms with Crippen molar-refractivity contribution in [3.8, 4) is 0 Å². The van der Waals surface area contributed by atoms with E-state index in [4.69, 9.17) is 0 Å². The molecule has 0 aliphatic carbocycles. The fraction of sp³-hybridized carbons (Fsp3) is 0.846. The summed E-state index contributed by atoms with van der Waals surface area (Å²) in [5.41, 5.74) is 0. The van der Waals surface area contributed by atoms with E-state index in [1.807, 2.05) is 6.92 Å². The zero-order valence-corrected chi connectivity index (χ0v) is 13.6. The van der Waals surface area contributed by atoms with Crippen molar-refractivity contribution in [2.75, 3.05) is 26.2 Å². The topological polar surface area (TPSA) is 90.3 Å². The van der Waals surface area contributed by atoms with Gasteiger partial charge in [-0.2, -0.15) is 0 Å². The summed E-state index contributed by atoms with van der Waals surface area (Å²) >= 11 is 0.778. The molecule has 0 aromatic carbocycles. The van der Waals surface area contributed by atoms with Crippen molar-refractivity contribution >= 4 is 23.8 Å². The molecule has 1 rings (SSSR count). The standard InChI is InChI=1S/C13H23N3O4S/c1-4-15-8-6-13(7-9-15,21-14-20)11(12(18)19)16(5-2)10(3)17/h11H,4-9H2,1-3H3,(H,18,19). The van der Waals surface area contributed by atoms with E-state index in [0.717, 1.165) is 18.5 Å². The molecule has 1 heterocycles. The van der Waals surface area contributed by atoms with Crippen LogP contribution in [0.25, 0.3) is 0 Å². The van der Waals surface area contributed by atoms with Crippen LogP contribution in [0.5, 0.6) is 0 Å². The van der Waals surface area contributed by atoms with Crippen molar-refractivity contribution in [2.24, 2.45) is 4.58 Å². The fourth-order valence-corrected chi connectivity index (χ4v) is 3.81. The number of nitrogens with zero attached hydrogens (tertiary/aromatic N) is 3. The quantitative estimate of drug-likeness (QED) is 0.566. The van der Waals surface area contributed by atoms with E-state index in [1.54, 1.807) is 6.92 Å². The number of hydrogen-bond donors (Lipinski definition) is 1. The zero-order chi connectivity index (χ0) is 16.0. The second-order valence-electron chi connectivity index (χ2n) is 5.21. The predicted molar refractivity (Wildman–Crippen MR) is 81.9 cm³/mol. The maximum Gasteiger partial charge on any atom is 0.327 e. The van der Waals surface area contributed by atoms with Gasteiger partial charge in [0.1, 0.15) is 6.04 Å². The van der Waals surface area contributed by atoms with Gasteiger partial charge in [-0.15, -0.1) is 4.91 Å². The van der Waals surface area contributed by atoms with Crippen molar-refractivity contribution < 1.29 is 14.7 Å². The summed E-state index contributed by atoms with van der Waals surface area (Å²) in [5.74, 6) is -1.37. The fourth-order valence-electron chi connectivity index (χ4n) is 2.97. The molecule has 120 valence electrons. The molecule has 1 aliphatic heterocycles. The van der Waals surface area contributed by atoms with Gasteiger partial charge in [-0.3, -0.25) is 4.79 Å². The minimum atomic E-state index is -1.08. The Kier molecular flexibility index (Phi) is 6.60. The highest BCUT2D eigenvalue weighted by Crippen LogP contribution is 2.42. The van der Waals surface area contributed by atoms with Gasteiger partial charge in [-0.25, -0.2) is 4.79 Å². The number of carbonyl (C=O) groups is 2. The molecule has 1 atom stereocenters. The lowest BCUT2D eigenvalue weighted by Crippen LogP contribution is -2.60. The molecule has 0 aromatic heterocycles. The molecule has 1 unspecified atom stereocenters. The molecule has 8 heteroatoms. The summed E-state index contributed by atoms with van der Waals surface area (Å²) in [6, 6.07) is -1.03. The van der Waals surface area contributed by atoms with Crippen LogP contribution in [0.1, 0.15) is 33.6 Å². The molecule has 0 bridgehead atoms. The Morgan fingerprint density at radius 2 is 1.95 bits per heavy atom. The van der Waals surface area contributed by atoms with E-state index in [-0.39, 0.29) is 5.91 Å². The molecule has 1 aliphatic rings. The minimum absolute atomic E-state index is 0.297. The number of piperidine rings is 1. The van der Waals surface area contributed by atoms with Gasteiger partial charge in [0.05, 0.1) is 4.75 Å². The lowest BCUT2D eigenvalue weighted by Gasteiger charge is -2.45. The Labute approximate surface area is 129 Å². The van der Waals surface area contributed by atoms with Crippen LogP contribution in [0.3, 0.4) is 0 Å². The Morgan fingerprint density at radius 3 is 2.29 bits per heavy atom. The highest BCUT2D eigenvalue weighted by Gasteiger charge is 2.50. The third-order valence-electron chi connectivity index (χ3n) is 4.16. The molecule has 1 saturated heterocycles. The number of hydrogen-bond acceptors (Lipinski definition) is 6. The average molecular weight is 317 g/mol. The smallest absolute Gasteiger partial charge is 0.327 e. The molecule has 0 aromatic rings. The molecule has 0 radical (unpaired) electrons. The van der Waals surface area contributed by atoms with Crippen LogP contribution >= 0.6 is 11.9 Å². The maximum absolute atomic E-state index is 11.8. The van der Waals surface area contributed by atoms with Crippen LogP contribution in [0.2, 0.25) is 0 Å². The lowest BCUT2D eigenvalue weighted by molar-refractivity contribution is -0.151. The maximum atomic E-state index is 11.8. The molecule has 1 amide bonds. The van der Waals surface area contributed by atoms with Crippen LogP contribution < -0.4 is 0 Å². The summed E-state index contributed by atoms with van der Waals surface area (Å²) in [4.78, 5) is 37.9. The molecule has 21 heavy (non-hydrogen) atoms. The van der Waals surface area contributed by atoms with Crippen LogP contribution in [-0.2, 0) is 9.59 Å². The van der Waals surface area contributed by atoms with Gasteiger partial charge in [-0.1, -0.05) is 6.92 Å². The Hall–Kier alpha value is -1.15. The van der Waals surface area contributed by atoms with E-state index >= 15 is 0 Å². The number of amides is 1. The first-order chi connectivity index (χ1) is 9.91. The third-order valence-corrected chi connectivity index (χ3v) is 5.23. The lowest BCUT2D eigenvalue weighted by atomic mass is 9.87. The number of aliphatic carboxylic acids is 1. The number of carbonyl (C=O) groups excluding carboxylic acids is 1. The van der Waals surface area contributed by atoms with E-state index in [1.165, 1.54) is 11.8 Å². The molecule has 7 nitrogen and oxygen atoms in total. The van der Waals surface area contributed by atoms with Crippen molar-refractivity contribution in [1.29, 1.82) is 0 Å². The highest BCUT2D eigenvalue weighted by molar-refractivity contribution is 7.99. The largest absolute Gasteiger partial charge is 0.480 e. The van der Waals surface area contributed by atoms with Gasteiger partial charge < -0.3 is 14.9 Å². The third kappa shape index (κ3) is 3.94. The van der Waals surface area contributed by atoms with E-state index in [0.29, 0.717) is 32.5 Å². The second-order valence-corrected chi connectivity index (χ2v) is 6.36. The van der Waals surface area contributed by atoms with Gasteiger partial charge >= 0.3 is 5.97 Å². The Bertz CT molecular complexity index is 397. The summed E-state index contributed by atoms with van der Waals surface area (Å²) in [6.07, 6.45) is 1.05. The number of carboxylic acid groups (broad SMARTS) is 1. The summed E-state index contributed by atoms with van der Waals surface area (Å²) in [7, 11) is 0. The van der Waals surface area contributed by atoms with Crippen molar-refractivity contribution in [2.45, 2.75) is 44.4 Å². The number of carboxylic acids is 1. The van der Waals surface area contributed by atoms with E-state index in [9.17, 15) is 19.6 Å². The molecular formula is C13H23N3O4S. The van der Waals surface area contributed by atoms with E-state index < -0.39 is 16.8 Å². The van der Waals surface area contributed by atoms with Crippen LogP contribution in [0.15, 0.2) is 4.58 Å². The predicted octanol–water partition coefficient (Wildman–Crippen LogP) is 1.58. The first-order valence-electron chi connectivity index (χ1n) is 7.15. The summed E-state index contributed by atoms with van der Waals surface area (Å²) in [5, 5.41) is 9.63. The first-order valence-corrected chi connectivity index (χ1v) is 7.92. The monoisotopic (exact) mass is 317 g/mol. The second kappa shape index (κ2) is 7.74. The molecule has 0 saturated carbocycles. The van der Waals surface area contributed by atoms with Gasteiger partial charge in [-0.05, 0) is 39.4 Å². The normalized spacial score (nSPS) is 19.8. The van der Waals surface area contributed by atoms with Crippen molar-refractivity contribution in [3.05, 3.63) is 4.91 Å².